The smallest absolute Gasteiger partial charge is 0.263 e. The molecule has 0 unspecified atom stereocenters. The van der Waals surface area contributed by atoms with E-state index in [-0.39, 0.29) is 11.5 Å². The van der Waals surface area contributed by atoms with E-state index in [2.05, 4.69) is 28.1 Å². The Bertz CT molecular complexity index is 1200. The van der Waals surface area contributed by atoms with Crippen molar-refractivity contribution in [3.63, 3.8) is 0 Å². The Morgan fingerprint density at radius 1 is 1.10 bits per heavy atom. The van der Waals surface area contributed by atoms with Gasteiger partial charge in [-0.1, -0.05) is 42.5 Å². The maximum Gasteiger partial charge on any atom is 0.263 e. The summed E-state index contributed by atoms with van der Waals surface area (Å²) in [4.78, 5) is 32.7. The monoisotopic (exact) mass is 430 g/mol. The van der Waals surface area contributed by atoms with E-state index >= 15 is 0 Å². The molecule has 0 bridgehead atoms. The minimum atomic E-state index is -0.476. The van der Waals surface area contributed by atoms with Crippen LogP contribution < -0.4 is 15.4 Å². The third-order valence-corrected chi connectivity index (χ3v) is 6.07. The number of pyridine rings is 1. The molecule has 0 atom stereocenters. The average Bonchev–Trinajstić information content (AvgIpc) is 2.99. The molecule has 31 heavy (non-hydrogen) atoms. The maximum absolute atomic E-state index is 13.4. The molecular weight excluding hydrogens is 408 g/mol. The molecule has 2 heterocycles. The molecule has 0 saturated heterocycles. The van der Waals surface area contributed by atoms with Crippen LogP contribution in [0.15, 0.2) is 70.5 Å². The molecule has 1 aromatic heterocycles. The Labute approximate surface area is 185 Å². The van der Waals surface area contributed by atoms with Crippen LogP contribution in [0, 0.1) is 11.3 Å². The van der Waals surface area contributed by atoms with Gasteiger partial charge >= 0.3 is 0 Å². The number of amides is 1. The van der Waals surface area contributed by atoms with E-state index in [1.165, 1.54) is 23.4 Å². The Balaban J connectivity index is 1.72. The molecule has 0 aliphatic carbocycles. The topological polar surface area (TPSA) is 80.2 Å². The second-order valence-electron chi connectivity index (χ2n) is 7.28. The third kappa shape index (κ3) is 4.21. The number of carbonyl (C=O) groups is 1. The number of aromatic amines is 1. The molecule has 0 spiro atoms. The Hall–Kier alpha value is -3.50. The Kier molecular flexibility index (Phi) is 6.10. The fourth-order valence-corrected chi connectivity index (χ4v) is 4.38. The van der Waals surface area contributed by atoms with Gasteiger partial charge in [0.05, 0.1) is 22.0 Å². The molecule has 7 heteroatoms. The van der Waals surface area contributed by atoms with Crippen molar-refractivity contribution in [2.24, 2.45) is 0 Å². The normalized spacial score (nSPS) is 13.3. The molecule has 1 N–H and O–H groups in total. The van der Waals surface area contributed by atoms with Gasteiger partial charge in [-0.3, -0.25) is 9.59 Å². The molecule has 156 valence electrons. The van der Waals surface area contributed by atoms with E-state index in [4.69, 9.17) is 0 Å². The number of hydrogen-bond donors (Lipinski definition) is 1. The number of nitrogens with zero attached hydrogens (tertiary/aromatic N) is 3. The van der Waals surface area contributed by atoms with E-state index in [1.807, 2.05) is 42.5 Å². The number of aromatic nitrogens is 1. The standard InChI is InChI=1S/C24H22N4O2S/c1-31-23-18(15-25)14-19(22(29)26-23)24(30)28-13-7-12-27(16-17-8-3-2-4-9-17)20-10-5-6-11-21(20)28/h2-6,8-11,14H,7,12-13,16H2,1H3,(H,26,29). The van der Waals surface area contributed by atoms with Crippen molar-refractivity contribution in [1.29, 1.82) is 5.26 Å². The van der Waals surface area contributed by atoms with Crippen molar-refractivity contribution >= 4 is 29.0 Å². The van der Waals surface area contributed by atoms with Crippen LogP contribution in [-0.2, 0) is 6.54 Å². The number of anilines is 2. The van der Waals surface area contributed by atoms with Crippen LogP contribution in [0.1, 0.15) is 27.9 Å². The molecule has 0 radical (unpaired) electrons. The summed E-state index contributed by atoms with van der Waals surface area (Å²) in [6.45, 7) is 2.02. The number of carbonyl (C=O) groups excluding carboxylic acids is 1. The second kappa shape index (κ2) is 9.11. The van der Waals surface area contributed by atoms with Crippen LogP contribution in [0.25, 0.3) is 0 Å². The van der Waals surface area contributed by atoms with Crippen LogP contribution in [-0.4, -0.2) is 30.2 Å². The highest BCUT2D eigenvalue weighted by Gasteiger charge is 2.27. The van der Waals surface area contributed by atoms with Crippen molar-refractivity contribution in [2.45, 2.75) is 18.0 Å². The number of hydrogen-bond acceptors (Lipinski definition) is 5. The predicted molar refractivity (Wildman–Crippen MR) is 124 cm³/mol. The van der Waals surface area contributed by atoms with Crippen molar-refractivity contribution < 1.29 is 4.79 Å². The van der Waals surface area contributed by atoms with Crippen molar-refractivity contribution in [2.75, 3.05) is 29.1 Å². The summed E-state index contributed by atoms with van der Waals surface area (Å²) in [5.74, 6) is -0.389. The highest BCUT2D eigenvalue weighted by Crippen LogP contribution is 2.34. The van der Waals surface area contributed by atoms with Crippen molar-refractivity contribution in [3.05, 3.63) is 87.7 Å². The molecule has 0 saturated carbocycles. The summed E-state index contributed by atoms with van der Waals surface area (Å²) in [5.41, 5.74) is 2.73. The minimum Gasteiger partial charge on any atom is -0.365 e. The molecule has 1 aliphatic rings. The highest BCUT2D eigenvalue weighted by atomic mass is 32.2. The minimum absolute atomic E-state index is 0.0133. The second-order valence-corrected chi connectivity index (χ2v) is 8.09. The van der Waals surface area contributed by atoms with Crippen LogP contribution >= 0.6 is 11.8 Å². The van der Waals surface area contributed by atoms with E-state index in [1.54, 1.807) is 11.2 Å². The molecule has 6 nitrogen and oxygen atoms in total. The molecule has 1 aliphatic heterocycles. The fraction of sp³-hybridized carbons (Fsp3) is 0.208. The summed E-state index contributed by atoms with van der Waals surface area (Å²) in [5, 5.41) is 9.88. The molecular formula is C24H22N4O2S. The molecule has 2 aromatic carbocycles. The van der Waals surface area contributed by atoms with Crippen LogP contribution in [0.4, 0.5) is 11.4 Å². The number of thioether (sulfide) groups is 1. The summed E-state index contributed by atoms with van der Waals surface area (Å²) < 4.78 is 0. The van der Waals surface area contributed by atoms with Gasteiger partial charge in [-0.05, 0) is 36.4 Å². The summed E-state index contributed by atoms with van der Waals surface area (Å²) in [6, 6.07) is 21.5. The first-order valence-corrected chi connectivity index (χ1v) is 11.3. The number of para-hydroxylation sites is 2. The van der Waals surface area contributed by atoms with Crippen molar-refractivity contribution in [1.82, 2.24) is 4.98 Å². The first-order valence-electron chi connectivity index (χ1n) is 10.0. The number of H-pyrrole nitrogens is 1. The maximum atomic E-state index is 13.4. The summed E-state index contributed by atoms with van der Waals surface area (Å²) in [6.07, 6.45) is 2.54. The average molecular weight is 431 g/mol. The van der Waals surface area contributed by atoms with Gasteiger partial charge in [0, 0.05) is 19.6 Å². The van der Waals surface area contributed by atoms with Gasteiger partial charge in [0.1, 0.15) is 11.6 Å². The number of rotatable bonds is 4. The SMILES string of the molecule is CSc1[nH]c(=O)c(C(=O)N2CCCN(Cc3ccccc3)c3ccccc32)cc1C#N. The van der Waals surface area contributed by atoms with Gasteiger partial charge in [0.15, 0.2) is 0 Å². The lowest BCUT2D eigenvalue weighted by atomic mass is 10.1. The van der Waals surface area contributed by atoms with E-state index in [9.17, 15) is 14.9 Å². The lowest BCUT2D eigenvalue weighted by Gasteiger charge is -2.27. The number of benzene rings is 2. The molecule has 1 amide bonds. The summed E-state index contributed by atoms with van der Waals surface area (Å²) in [7, 11) is 0. The number of nitriles is 1. The van der Waals surface area contributed by atoms with Gasteiger partial charge < -0.3 is 14.8 Å². The van der Waals surface area contributed by atoms with Crippen LogP contribution in [0.2, 0.25) is 0 Å². The zero-order valence-electron chi connectivity index (χ0n) is 17.2. The zero-order valence-corrected chi connectivity index (χ0v) is 18.0. The number of fused-ring (bicyclic) bond motifs is 1. The van der Waals surface area contributed by atoms with E-state index < -0.39 is 5.56 Å². The Morgan fingerprint density at radius 2 is 1.81 bits per heavy atom. The number of nitrogens with one attached hydrogen (secondary N) is 1. The highest BCUT2D eigenvalue weighted by molar-refractivity contribution is 7.98. The predicted octanol–water partition coefficient (Wildman–Crippen LogP) is 4.03. The quantitative estimate of drug-likeness (QED) is 0.632. The third-order valence-electron chi connectivity index (χ3n) is 5.34. The lowest BCUT2D eigenvalue weighted by Crippen LogP contribution is -2.35. The first-order chi connectivity index (χ1) is 15.1. The zero-order chi connectivity index (χ0) is 21.8. The van der Waals surface area contributed by atoms with Gasteiger partial charge in [0.25, 0.3) is 11.5 Å². The van der Waals surface area contributed by atoms with E-state index in [0.29, 0.717) is 17.1 Å². The van der Waals surface area contributed by atoms with Gasteiger partial charge in [0.2, 0.25) is 0 Å². The lowest BCUT2D eigenvalue weighted by molar-refractivity contribution is 0.0985. The van der Waals surface area contributed by atoms with Crippen LogP contribution in [0.3, 0.4) is 0 Å². The van der Waals surface area contributed by atoms with Gasteiger partial charge in [-0.2, -0.15) is 5.26 Å². The molecule has 4 rings (SSSR count). The van der Waals surface area contributed by atoms with Gasteiger partial charge in [-0.25, -0.2) is 0 Å². The Morgan fingerprint density at radius 3 is 2.52 bits per heavy atom. The largest absolute Gasteiger partial charge is 0.365 e. The molecule has 0 fully saturated rings. The molecule has 3 aromatic rings. The summed E-state index contributed by atoms with van der Waals surface area (Å²) >= 11 is 1.27. The fourth-order valence-electron chi connectivity index (χ4n) is 3.86. The van der Waals surface area contributed by atoms with Crippen LogP contribution in [0.5, 0.6) is 0 Å². The first kappa shape index (κ1) is 20.8. The van der Waals surface area contributed by atoms with Gasteiger partial charge in [-0.15, -0.1) is 11.8 Å². The van der Waals surface area contributed by atoms with Crippen molar-refractivity contribution in [3.8, 4) is 6.07 Å². The van der Waals surface area contributed by atoms with E-state index in [0.717, 1.165) is 30.9 Å².